The molecule has 140 valence electrons. The quantitative estimate of drug-likeness (QED) is 0.664. The van der Waals surface area contributed by atoms with Crippen molar-refractivity contribution in [1.29, 1.82) is 0 Å². The van der Waals surface area contributed by atoms with E-state index >= 15 is 0 Å². The van der Waals surface area contributed by atoms with Gasteiger partial charge >= 0.3 is 11.9 Å². The van der Waals surface area contributed by atoms with Crippen molar-refractivity contribution in [2.75, 3.05) is 0 Å². The summed E-state index contributed by atoms with van der Waals surface area (Å²) in [5.74, 6) is -2.06. The zero-order valence-electron chi connectivity index (χ0n) is 15.6. The molecule has 2 atom stereocenters. The first-order chi connectivity index (χ1) is 11.3. The Morgan fingerprint density at radius 3 is 2.00 bits per heavy atom. The second-order valence-corrected chi connectivity index (χ2v) is 8.26. The van der Waals surface area contributed by atoms with Crippen LogP contribution < -0.4 is 10.5 Å². The van der Waals surface area contributed by atoms with Gasteiger partial charge in [0, 0.05) is 0 Å². The average molecular weight is 351 g/mol. The number of nitrogens with two attached hydrogens (primary N) is 1. The molecule has 0 radical (unpaired) electrons. The van der Waals surface area contributed by atoms with E-state index in [9.17, 15) is 9.59 Å². The van der Waals surface area contributed by atoms with Crippen LogP contribution in [0, 0.1) is 5.41 Å². The van der Waals surface area contributed by atoms with Gasteiger partial charge in [0.2, 0.25) is 0 Å². The summed E-state index contributed by atoms with van der Waals surface area (Å²) >= 11 is 0. The van der Waals surface area contributed by atoms with E-state index in [0.29, 0.717) is 5.75 Å². The molecule has 0 saturated carbocycles. The van der Waals surface area contributed by atoms with Gasteiger partial charge in [0.1, 0.15) is 17.9 Å². The lowest BCUT2D eigenvalue weighted by atomic mass is 9.72. The predicted molar refractivity (Wildman–Crippen MR) is 95.8 cm³/mol. The summed E-state index contributed by atoms with van der Waals surface area (Å²) in [6.45, 7) is 10.9. The Kier molecular flexibility index (Phi) is 6.60. The molecule has 0 heterocycles. The summed E-state index contributed by atoms with van der Waals surface area (Å²) in [7, 11) is 0. The Morgan fingerprint density at radius 1 is 1.08 bits per heavy atom. The van der Waals surface area contributed by atoms with Crippen LogP contribution in [0.1, 0.15) is 53.0 Å². The normalized spacial score (nSPS) is 14.6. The number of hydrogen-bond acceptors (Lipinski definition) is 4. The van der Waals surface area contributed by atoms with Crippen LogP contribution in [0.15, 0.2) is 24.3 Å². The fraction of sp³-hybridized carbons (Fsp3) is 0.579. The van der Waals surface area contributed by atoms with Crippen LogP contribution in [0.3, 0.4) is 0 Å². The molecule has 6 heteroatoms. The second-order valence-electron chi connectivity index (χ2n) is 8.26. The van der Waals surface area contributed by atoms with Crippen molar-refractivity contribution in [3.8, 4) is 5.75 Å². The van der Waals surface area contributed by atoms with Crippen molar-refractivity contribution in [2.24, 2.45) is 11.1 Å². The van der Waals surface area contributed by atoms with Gasteiger partial charge in [-0.3, -0.25) is 9.59 Å². The van der Waals surface area contributed by atoms with E-state index < -0.39 is 30.5 Å². The summed E-state index contributed by atoms with van der Waals surface area (Å²) < 4.78 is 5.53. The molecule has 0 aliphatic rings. The van der Waals surface area contributed by atoms with Crippen molar-refractivity contribution in [3.05, 3.63) is 29.8 Å². The zero-order valence-corrected chi connectivity index (χ0v) is 15.6. The third-order valence-electron chi connectivity index (χ3n) is 3.96. The topological polar surface area (TPSA) is 110 Å². The van der Waals surface area contributed by atoms with E-state index in [1.807, 2.05) is 12.1 Å². The molecule has 0 amide bonds. The Labute approximate surface area is 149 Å². The van der Waals surface area contributed by atoms with Gasteiger partial charge in [-0.25, -0.2) is 0 Å². The van der Waals surface area contributed by atoms with Gasteiger partial charge in [0.25, 0.3) is 0 Å². The molecular weight excluding hydrogens is 322 g/mol. The van der Waals surface area contributed by atoms with Crippen molar-refractivity contribution < 1.29 is 24.5 Å². The van der Waals surface area contributed by atoms with Gasteiger partial charge in [0.05, 0.1) is 6.42 Å². The smallest absolute Gasteiger partial charge is 0.324 e. The first kappa shape index (κ1) is 21.0. The van der Waals surface area contributed by atoms with E-state index in [4.69, 9.17) is 20.7 Å². The van der Waals surface area contributed by atoms with Crippen molar-refractivity contribution in [3.63, 3.8) is 0 Å². The molecule has 1 rings (SSSR count). The van der Waals surface area contributed by atoms with E-state index in [-0.39, 0.29) is 10.8 Å². The largest absolute Gasteiger partial charge is 0.488 e. The minimum Gasteiger partial charge on any atom is -0.488 e. The molecule has 1 aromatic carbocycles. The van der Waals surface area contributed by atoms with Crippen LogP contribution in [0.4, 0.5) is 0 Å². The van der Waals surface area contributed by atoms with Crippen molar-refractivity contribution in [1.82, 2.24) is 0 Å². The Morgan fingerprint density at radius 2 is 1.60 bits per heavy atom. The maximum absolute atomic E-state index is 11.0. The van der Waals surface area contributed by atoms with Crippen LogP contribution in [-0.4, -0.2) is 34.3 Å². The second kappa shape index (κ2) is 7.87. The summed E-state index contributed by atoms with van der Waals surface area (Å²) in [6.07, 6.45) is -0.625. The minimum absolute atomic E-state index is 0.0330. The van der Waals surface area contributed by atoms with E-state index in [1.165, 1.54) is 0 Å². The van der Waals surface area contributed by atoms with Gasteiger partial charge in [-0.05, 0) is 34.9 Å². The van der Waals surface area contributed by atoms with Gasteiger partial charge in [-0.2, -0.15) is 0 Å². The number of carbonyl (C=O) groups is 2. The fourth-order valence-corrected chi connectivity index (χ4v) is 3.16. The highest BCUT2D eigenvalue weighted by Crippen LogP contribution is 2.36. The van der Waals surface area contributed by atoms with Crippen LogP contribution >= 0.6 is 0 Å². The average Bonchev–Trinajstić information content (AvgIpc) is 2.43. The number of carboxylic acid groups (broad SMARTS) is 2. The summed E-state index contributed by atoms with van der Waals surface area (Å²) in [5.41, 5.74) is 6.82. The molecular formula is C19H29NO5. The zero-order chi connectivity index (χ0) is 19.4. The number of ether oxygens (including phenoxy) is 1. The SMILES string of the molecule is CC(C)(C)CC(C)(C)c1ccc(OC(CC(=O)O)[C@H](N)C(=O)O)cc1. The van der Waals surface area contributed by atoms with Gasteiger partial charge in [-0.1, -0.05) is 46.8 Å². The molecule has 0 saturated heterocycles. The Balaban J connectivity index is 2.93. The Bertz CT molecular complexity index is 601. The summed E-state index contributed by atoms with van der Waals surface area (Å²) in [4.78, 5) is 21.9. The highest BCUT2D eigenvalue weighted by molar-refractivity contribution is 5.76. The standard InChI is InChI=1S/C19H29NO5/c1-18(2,3)11-19(4,5)12-6-8-13(9-7-12)25-14(10-15(21)22)16(20)17(23)24/h6-9,14,16H,10-11,20H2,1-5H3,(H,21,22)(H,23,24)/t14?,16-/m0/s1. The van der Waals surface area contributed by atoms with Crippen LogP contribution in [0.25, 0.3) is 0 Å². The molecule has 1 unspecified atom stereocenters. The van der Waals surface area contributed by atoms with E-state index in [0.717, 1.165) is 12.0 Å². The maximum atomic E-state index is 11.0. The lowest BCUT2D eigenvalue weighted by molar-refractivity contribution is -0.143. The third-order valence-corrected chi connectivity index (χ3v) is 3.96. The molecule has 0 aliphatic carbocycles. The minimum atomic E-state index is -1.41. The molecule has 0 bridgehead atoms. The molecule has 0 aliphatic heterocycles. The summed E-state index contributed by atoms with van der Waals surface area (Å²) in [5, 5.41) is 17.9. The maximum Gasteiger partial charge on any atom is 0.324 e. The first-order valence-electron chi connectivity index (χ1n) is 8.29. The molecule has 0 aromatic heterocycles. The van der Waals surface area contributed by atoms with Crippen molar-refractivity contribution in [2.45, 2.75) is 65.0 Å². The van der Waals surface area contributed by atoms with E-state index in [1.54, 1.807) is 12.1 Å². The van der Waals surface area contributed by atoms with Crippen LogP contribution in [-0.2, 0) is 15.0 Å². The first-order valence-corrected chi connectivity index (χ1v) is 8.29. The number of hydrogen-bond donors (Lipinski definition) is 3. The van der Waals surface area contributed by atoms with Gasteiger partial charge in [0.15, 0.2) is 0 Å². The monoisotopic (exact) mass is 351 g/mol. The third kappa shape index (κ3) is 6.74. The van der Waals surface area contributed by atoms with Crippen molar-refractivity contribution >= 4 is 11.9 Å². The highest BCUT2D eigenvalue weighted by atomic mass is 16.5. The number of aliphatic carboxylic acids is 2. The molecule has 4 N–H and O–H groups in total. The number of rotatable bonds is 8. The molecule has 25 heavy (non-hydrogen) atoms. The molecule has 1 aromatic rings. The van der Waals surface area contributed by atoms with Gasteiger partial charge in [-0.15, -0.1) is 0 Å². The summed E-state index contributed by atoms with van der Waals surface area (Å²) in [6, 6.07) is 5.89. The fourth-order valence-electron chi connectivity index (χ4n) is 3.16. The van der Waals surface area contributed by atoms with Gasteiger partial charge < -0.3 is 20.7 Å². The molecule has 0 fully saturated rings. The van der Waals surface area contributed by atoms with E-state index in [2.05, 4.69) is 34.6 Å². The highest BCUT2D eigenvalue weighted by Gasteiger charge is 2.29. The lowest BCUT2D eigenvalue weighted by Gasteiger charge is -2.33. The Hall–Kier alpha value is -2.08. The number of carboxylic acids is 2. The lowest BCUT2D eigenvalue weighted by Crippen LogP contribution is -2.46. The van der Waals surface area contributed by atoms with Crippen LogP contribution in [0.2, 0.25) is 0 Å². The number of benzene rings is 1. The van der Waals surface area contributed by atoms with Crippen LogP contribution in [0.5, 0.6) is 5.75 Å². The molecule has 0 spiro atoms. The predicted octanol–water partition coefficient (Wildman–Crippen LogP) is 3.03. The molecule has 6 nitrogen and oxygen atoms in total.